The number of rotatable bonds is 3. The standard InChI is InChI=1S/C10H18N4O2S/c1-7-8(9(11)12-14(7)3)17(15,16)13-10(2)5-4-6-10/h13H,4-6H2,1-3H3,(H2,11,12). The van der Waals surface area contributed by atoms with E-state index in [9.17, 15) is 8.42 Å². The summed E-state index contributed by atoms with van der Waals surface area (Å²) < 4.78 is 28.7. The van der Waals surface area contributed by atoms with Gasteiger partial charge in [0.25, 0.3) is 0 Å². The third-order valence-electron chi connectivity index (χ3n) is 3.41. The molecule has 96 valence electrons. The van der Waals surface area contributed by atoms with Gasteiger partial charge >= 0.3 is 0 Å². The molecule has 0 saturated heterocycles. The number of hydrogen-bond donors (Lipinski definition) is 2. The van der Waals surface area contributed by atoms with E-state index in [0.29, 0.717) is 5.69 Å². The predicted octanol–water partition coefficient (Wildman–Crippen LogP) is 0.532. The average Bonchev–Trinajstić information content (AvgIpc) is 2.38. The molecule has 0 spiro atoms. The van der Waals surface area contributed by atoms with Gasteiger partial charge in [0.15, 0.2) is 5.82 Å². The molecule has 6 nitrogen and oxygen atoms in total. The maximum absolute atomic E-state index is 12.3. The molecule has 1 aliphatic carbocycles. The van der Waals surface area contributed by atoms with Gasteiger partial charge in [0, 0.05) is 12.6 Å². The van der Waals surface area contributed by atoms with E-state index in [2.05, 4.69) is 9.82 Å². The second-order valence-electron chi connectivity index (χ2n) is 4.94. The first-order chi connectivity index (χ1) is 7.75. The van der Waals surface area contributed by atoms with Crippen LogP contribution in [-0.2, 0) is 17.1 Å². The first kappa shape index (κ1) is 12.4. The molecular formula is C10H18N4O2S. The van der Waals surface area contributed by atoms with E-state index in [4.69, 9.17) is 5.73 Å². The molecule has 0 unspecified atom stereocenters. The number of aryl methyl sites for hydroxylation is 1. The molecule has 1 aromatic heterocycles. The van der Waals surface area contributed by atoms with Crippen molar-refractivity contribution >= 4 is 15.8 Å². The van der Waals surface area contributed by atoms with Gasteiger partial charge in [-0.25, -0.2) is 13.1 Å². The highest BCUT2D eigenvalue weighted by Crippen LogP contribution is 2.33. The van der Waals surface area contributed by atoms with Crippen LogP contribution in [0.15, 0.2) is 4.90 Å². The second-order valence-corrected chi connectivity index (χ2v) is 6.56. The number of nitrogens with one attached hydrogen (secondary N) is 1. The molecular weight excluding hydrogens is 240 g/mol. The fourth-order valence-electron chi connectivity index (χ4n) is 2.13. The van der Waals surface area contributed by atoms with Crippen LogP contribution in [0.1, 0.15) is 31.9 Å². The highest BCUT2D eigenvalue weighted by molar-refractivity contribution is 7.89. The summed E-state index contributed by atoms with van der Waals surface area (Å²) in [7, 11) is -1.90. The third-order valence-corrected chi connectivity index (χ3v) is 5.21. The molecule has 0 bridgehead atoms. The molecule has 1 heterocycles. The first-order valence-electron chi connectivity index (χ1n) is 5.58. The molecule has 0 amide bonds. The van der Waals surface area contributed by atoms with Crippen LogP contribution in [0.3, 0.4) is 0 Å². The van der Waals surface area contributed by atoms with Gasteiger partial charge < -0.3 is 5.73 Å². The molecule has 17 heavy (non-hydrogen) atoms. The highest BCUT2D eigenvalue weighted by atomic mass is 32.2. The molecule has 2 rings (SSSR count). The minimum absolute atomic E-state index is 0.0559. The smallest absolute Gasteiger partial charge is 0.246 e. The lowest BCUT2D eigenvalue weighted by molar-refractivity contribution is 0.248. The van der Waals surface area contributed by atoms with E-state index in [1.54, 1.807) is 14.0 Å². The largest absolute Gasteiger partial charge is 0.381 e. The topological polar surface area (TPSA) is 90.0 Å². The zero-order valence-corrected chi connectivity index (χ0v) is 11.1. The maximum atomic E-state index is 12.3. The summed E-state index contributed by atoms with van der Waals surface area (Å²) in [6, 6.07) is 0. The molecule has 0 radical (unpaired) electrons. The quantitative estimate of drug-likeness (QED) is 0.827. The summed E-state index contributed by atoms with van der Waals surface area (Å²) in [5.74, 6) is 0.0559. The van der Waals surface area contributed by atoms with Crippen molar-refractivity contribution in [2.45, 2.75) is 43.5 Å². The molecule has 3 N–H and O–H groups in total. The van der Waals surface area contributed by atoms with Crippen LogP contribution in [0, 0.1) is 6.92 Å². The van der Waals surface area contributed by atoms with E-state index < -0.39 is 10.0 Å². The van der Waals surface area contributed by atoms with Gasteiger partial charge in [-0.15, -0.1) is 0 Å². The fraction of sp³-hybridized carbons (Fsp3) is 0.700. The monoisotopic (exact) mass is 258 g/mol. The Morgan fingerprint density at radius 2 is 2.06 bits per heavy atom. The maximum Gasteiger partial charge on any atom is 0.246 e. The minimum Gasteiger partial charge on any atom is -0.381 e. The summed E-state index contributed by atoms with van der Waals surface area (Å²) in [5.41, 5.74) is 5.88. The Hall–Kier alpha value is -1.08. The summed E-state index contributed by atoms with van der Waals surface area (Å²) in [6.07, 6.45) is 2.79. The number of anilines is 1. The Morgan fingerprint density at radius 3 is 2.41 bits per heavy atom. The van der Waals surface area contributed by atoms with Crippen molar-refractivity contribution in [3.8, 4) is 0 Å². The van der Waals surface area contributed by atoms with E-state index in [-0.39, 0.29) is 16.3 Å². The van der Waals surface area contributed by atoms with Crippen molar-refractivity contribution < 1.29 is 8.42 Å². The Morgan fingerprint density at radius 1 is 1.47 bits per heavy atom. The number of nitrogen functional groups attached to an aromatic ring is 1. The van der Waals surface area contributed by atoms with Crippen molar-refractivity contribution in [3.63, 3.8) is 0 Å². The van der Waals surface area contributed by atoms with Gasteiger partial charge in [-0.1, -0.05) is 0 Å². The van der Waals surface area contributed by atoms with Crippen LogP contribution in [0.4, 0.5) is 5.82 Å². The van der Waals surface area contributed by atoms with Gasteiger partial charge in [-0.2, -0.15) is 5.10 Å². The molecule has 0 aliphatic heterocycles. The second kappa shape index (κ2) is 3.71. The third kappa shape index (κ3) is 2.04. The number of nitrogens with zero attached hydrogens (tertiary/aromatic N) is 2. The van der Waals surface area contributed by atoms with Gasteiger partial charge in [0.1, 0.15) is 4.90 Å². The van der Waals surface area contributed by atoms with Gasteiger partial charge in [-0.05, 0) is 33.1 Å². The zero-order valence-electron chi connectivity index (χ0n) is 10.3. The number of nitrogens with two attached hydrogens (primary N) is 1. The summed E-state index contributed by atoms with van der Waals surface area (Å²) in [5, 5.41) is 3.93. The van der Waals surface area contributed by atoms with Gasteiger partial charge in [0.2, 0.25) is 10.0 Å². The van der Waals surface area contributed by atoms with Crippen molar-refractivity contribution in [2.24, 2.45) is 7.05 Å². The lowest BCUT2D eigenvalue weighted by Crippen LogP contribution is -2.50. The van der Waals surface area contributed by atoms with E-state index in [0.717, 1.165) is 19.3 Å². The first-order valence-corrected chi connectivity index (χ1v) is 7.06. The summed E-state index contributed by atoms with van der Waals surface area (Å²) in [6.45, 7) is 3.61. The number of hydrogen-bond acceptors (Lipinski definition) is 4. The van der Waals surface area contributed by atoms with E-state index >= 15 is 0 Å². The van der Waals surface area contributed by atoms with E-state index in [1.165, 1.54) is 4.68 Å². The van der Waals surface area contributed by atoms with Crippen LogP contribution in [-0.4, -0.2) is 23.7 Å². The van der Waals surface area contributed by atoms with Crippen LogP contribution in [0.2, 0.25) is 0 Å². The van der Waals surface area contributed by atoms with Gasteiger partial charge in [0.05, 0.1) is 5.69 Å². The Bertz CT molecular complexity index is 543. The lowest BCUT2D eigenvalue weighted by atomic mass is 9.80. The summed E-state index contributed by atoms with van der Waals surface area (Å²) in [4.78, 5) is 0.105. The lowest BCUT2D eigenvalue weighted by Gasteiger charge is -2.38. The van der Waals surface area contributed by atoms with Crippen LogP contribution >= 0.6 is 0 Å². The molecule has 0 aromatic carbocycles. The van der Waals surface area contributed by atoms with Gasteiger partial charge in [-0.3, -0.25) is 4.68 Å². The molecule has 1 aromatic rings. The SMILES string of the molecule is Cc1c(S(=O)(=O)NC2(C)CCC2)c(N)nn1C. The zero-order chi connectivity index (χ0) is 12.8. The molecule has 1 fully saturated rings. The number of sulfonamides is 1. The van der Waals surface area contributed by atoms with E-state index in [1.807, 2.05) is 6.92 Å². The average molecular weight is 258 g/mol. The molecule has 1 aliphatic rings. The highest BCUT2D eigenvalue weighted by Gasteiger charge is 2.38. The number of aromatic nitrogens is 2. The Labute approximate surface area is 101 Å². The minimum atomic E-state index is -3.58. The van der Waals surface area contributed by atoms with Crippen molar-refractivity contribution in [1.82, 2.24) is 14.5 Å². The Kier molecular flexibility index (Phi) is 2.70. The Balaban J connectivity index is 2.38. The molecule has 1 saturated carbocycles. The summed E-state index contributed by atoms with van der Waals surface area (Å²) >= 11 is 0. The van der Waals surface area contributed by atoms with Crippen LogP contribution in [0.25, 0.3) is 0 Å². The fourth-order valence-corrected chi connectivity index (χ4v) is 3.92. The van der Waals surface area contributed by atoms with Crippen LogP contribution in [0.5, 0.6) is 0 Å². The molecule has 7 heteroatoms. The van der Waals surface area contributed by atoms with Crippen molar-refractivity contribution in [1.29, 1.82) is 0 Å². The normalized spacial score (nSPS) is 19.0. The predicted molar refractivity (Wildman–Crippen MR) is 64.9 cm³/mol. The molecule has 0 atom stereocenters. The van der Waals surface area contributed by atoms with Crippen molar-refractivity contribution in [3.05, 3.63) is 5.69 Å². The van der Waals surface area contributed by atoms with Crippen LogP contribution < -0.4 is 10.5 Å². The van der Waals surface area contributed by atoms with Crippen molar-refractivity contribution in [2.75, 3.05) is 5.73 Å².